The van der Waals surface area contributed by atoms with E-state index in [0.717, 1.165) is 18.7 Å². The highest BCUT2D eigenvalue weighted by atomic mass is 32.2. The number of sulfone groups is 1. The molecule has 1 saturated heterocycles. The summed E-state index contributed by atoms with van der Waals surface area (Å²) in [5.41, 5.74) is -7.09. The number of halogens is 8. The number of benzene rings is 2. The van der Waals surface area contributed by atoms with Crippen molar-refractivity contribution in [1.29, 1.82) is 0 Å². The van der Waals surface area contributed by atoms with Crippen molar-refractivity contribution >= 4 is 9.84 Å². The summed E-state index contributed by atoms with van der Waals surface area (Å²) in [6.07, 6.45) is -11.5. The van der Waals surface area contributed by atoms with Crippen molar-refractivity contribution in [3.05, 3.63) is 65.7 Å². The van der Waals surface area contributed by atoms with E-state index in [1.165, 1.54) is 24.3 Å². The first-order chi connectivity index (χ1) is 15.9. The largest absolute Gasteiger partial charge is 0.430 e. The number of aliphatic hydroxyl groups is 1. The molecular weight excluding hydrogens is 510 g/mol. The predicted molar refractivity (Wildman–Crippen MR) is 111 cm³/mol. The van der Waals surface area contributed by atoms with Gasteiger partial charge >= 0.3 is 12.4 Å². The van der Waals surface area contributed by atoms with Crippen molar-refractivity contribution in [3.63, 3.8) is 0 Å². The van der Waals surface area contributed by atoms with Gasteiger partial charge in [-0.25, -0.2) is 17.2 Å². The normalized spacial score (nSPS) is 17.9. The maximum atomic E-state index is 13.0. The van der Waals surface area contributed by atoms with Gasteiger partial charge in [-0.3, -0.25) is 4.90 Å². The number of rotatable bonds is 4. The van der Waals surface area contributed by atoms with E-state index in [4.69, 9.17) is 5.11 Å². The van der Waals surface area contributed by atoms with Gasteiger partial charge in [0.1, 0.15) is 11.6 Å². The zero-order valence-corrected chi connectivity index (χ0v) is 19.4. The fraction of sp³-hybridized carbons (Fsp3) is 0.455. The monoisotopic (exact) mass is 533 g/mol. The van der Waals surface area contributed by atoms with Gasteiger partial charge < -0.3 is 5.11 Å². The molecule has 0 saturated carbocycles. The van der Waals surface area contributed by atoms with Gasteiger partial charge in [0.15, 0.2) is 9.84 Å². The van der Waals surface area contributed by atoms with E-state index >= 15 is 0 Å². The highest BCUT2D eigenvalue weighted by Gasteiger charge is 2.72. The van der Waals surface area contributed by atoms with Crippen LogP contribution in [0.15, 0.2) is 53.4 Å². The van der Waals surface area contributed by atoms with Gasteiger partial charge in [0.25, 0.3) is 5.60 Å². The smallest absolute Gasteiger partial charge is 0.369 e. The van der Waals surface area contributed by atoms with Crippen LogP contribution in [0.4, 0.5) is 35.1 Å². The second-order valence-electron chi connectivity index (χ2n) is 8.18. The summed E-state index contributed by atoms with van der Waals surface area (Å²) in [4.78, 5) is 2.38. The average Bonchev–Trinajstić information content (AvgIpc) is 3.24. The minimum atomic E-state index is -6.08. The number of nitrogens with zero attached hydrogens (tertiary/aromatic N) is 1. The van der Waals surface area contributed by atoms with Crippen LogP contribution in [0.5, 0.6) is 0 Å². The highest BCUT2D eigenvalue weighted by molar-refractivity contribution is 7.92. The van der Waals surface area contributed by atoms with Gasteiger partial charge in [-0.2, -0.15) is 26.3 Å². The molecule has 2 aromatic rings. The average molecular weight is 533 g/mol. The van der Waals surface area contributed by atoms with Crippen LogP contribution in [0.1, 0.15) is 25.8 Å². The molecular formula is C22H23F8NO3S. The van der Waals surface area contributed by atoms with Crippen molar-refractivity contribution in [1.82, 2.24) is 4.90 Å². The Morgan fingerprint density at radius 2 is 1.43 bits per heavy atom. The highest BCUT2D eigenvalue weighted by Crippen LogP contribution is 2.50. The standard InChI is InChI=1S/C13H18FNO2S.C9H5F7O/c1-10(2)15-8-7-13(9-15)18(16,17)12-5-3-11(14)4-6-12;10-6-4-2-1-3-5(6)7(17,8(11,12)13)9(14,15)16/h3-6,10,13H,7-9H2,1-2H3;1-4,17H. The molecule has 0 aliphatic carbocycles. The van der Waals surface area contributed by atoms with E-state index in [9.17, 15) is 43.5 Å². The van der Waals surface area contributed by atoms with E-state index in [0.29, 0.717) is 25.1 Å². The van der Waals surface area contributed by atoms with Crippen LogP contribution in [0.2, 0.25) is 0 Å². The molecule has 1 unspecified atom stereocenters. The Morgan fingerprint density at radius 1 is 0.914 bits per heavy atom. The molecule has 4 nitrogen and oxygen atoms in total. The quantitative estimate of drug-likeness (QED) is 0.433. The molecule has 35 heavy (non-hydrogen) atoms. The Hall–Kier alpha value is -2.25. The summed E-state index contributed by atoms with van der Waals surface area (Å²) in [5, 5.41) is 8.48. The first-order valence-electron chi connectivity index (χ1n) is 10.3. The summed E-state index contributed by atoms with van der Waals surface area (Å²) < 4.78 is 125. The number of hydrogen-bond acceptors (Lipinski definition) is 4. The van der Waals surface area contributed by atoms with Crippen LogP contribution in [0.25, 0.3) is 0 Å². The van der Waals surface area contributed by atoms with E-state index in [2.05, 4.69) is 18.7 Å². The molecule has 0 aromatic heterocycles. The second kappa shape index (κ2) is 10.4. The zero-order valence-electron chi connectivity index (χ0n) is 18.5. The third-order valence-corrected chi connectivity index (χ3v) is 7.76. The Labute approximate surface area is 197 Å². The Morgan fingerprint density at radius 3 is 1.86 bits per heavy atom. The maximum absolute atomic E-state index is 13.0. The van der Waals surface area contributed by atoms with E-state index in [-0.39, 0.29) is 16.2 Å². The number of likely N-dealkylation sites (tertiary alicyclic amines) is 1. The van der Waals surface area contributed by atoms with Crippen molar-refractivity contribution in [3.8, 4) is 0 Å². The van der Waals surface area contributed by atoms with Gasteiger partial charge in [-0.15, -0.1) is 0 Å². The molecule has 0 radical (unpaired) electrons. The molecule has 1 fully saturated rings. The lowest BCUT2D eigenvalue weighted by Gasteiger charge is -2.32. The lowest BCUT2D eigenvalue weighted by Crippen LogP contribution is -2.54. The molecule has 1 aliphatic rings. The molecule has 1 atom stereocenters. The molecule has 0 spiro atoms. The van der Waals surface area contributed by atoms with E-state index in [1.54, 1.807) is 0 Å². The van der Waals surface area contributed by atoms with Crippen LogP contribution >= 0.6 is 0 Å². The molecule has 1 N–H and O–H groups in total. The van der Waals surface area contributed by atoms with Gasteiger partial charge in [0.05, 0.1) is 10.1 Å². The van der Waals surface area contributed by atoms with Crippen molar-refractivity contribution in [2.75, 3.05) is 13.1 Å². The molecule has 196 valence electrons. The van der Waals surface area contributed by atoms with Crippen LogP contribution in [-0.2, 0) is 15.4 Å². The van der Waals surface area contributed by atoms with Crippen molar-refractivity contribution in [2.45, 2.75) is 54.4 Å². The predicted octanol–water partition coefficient (Wildman–Crippen LogP) is 5.22. The van der Waals surface area contributed by atoms with Gasteiger partial charge in [-0.1, -0.05) is 18.2 Å². The van der Waals surface area contributed by atoms with Crippen LogP contribution < -0.4 is 0 Å². The minimum Gasteiger partial charge on any atom is -0.369 e. The summed E-state index contributed by atoms with van der Waals surface area (Å²) in [6, 6.07) is 7.76. The fourth-order valence-electron chi connectivity index (χ4n) is 3.51. The van der Waals surface area contributed by atoms with Gasteiger partial charge in [0.2, 0.25) is 0 Å². The van der Waals surface area contributed by atoms with Crippen LogP contribution in [-0.4, -0.2) is 55.2 Å². The second-order valence-corrected chi connectivity index (χ2v) is 10.4. The number of hydrogen-bond donors (Lipinski definition) is 1. The fourth-order valence-corrected chi connectivity index (χ4v) is 5.22. The summed E-state index contributed by atoms with van der Waals surface area (Å²) in [5.74, 6) is -2.20. The minimum absolute atomic E-state index is 0.222. The zero-order chi connectivity index (χ0) is 26.8. The topological polar surface area (TPSA) is 57.6 Å². The molecule has 1 heterocycles. The summed E-state index contributed by atoms with van der Waals surface area (Å²) >= 11 is 0. The van der Waals surface area contributed by atoms with Crippen molar-refractivity contribution < 1.29 is 48.6 Å². The lowest BCUT2D eigenvalue weighted by atomic mass is 9.92. The SMILES string of the molecule is CC(C)N1CCC(S(=O)(=O)c2ccc(F)cc2)C1.OC(c1ccccc1F)(C(F)(F)F)C(F)(F)F. The molecule has 13 heteroatoms. The van der Waals surface area contributed by atoms with Crippen LogP contribution in [0, 0.1) is 11.6 Å². The Bertz CT molecular complexity index is 1080. The third-order valence-electron chi connectivity index (χ3n) is 5.57. The molecule has 1 aliphatic heterocycles. The first-order valence-corrected chi connectivity index (χ1v) is 11.8. The van der Waals surface area contributed by atoms with E-state index < -0.39 is 45.0 Å². The Kier molecular flexibility index (Phi) is 8.61. The lowest BCUT2D eigenvalue weighted by molar-refractivity contribution is -0.377. The van der Waals surface area contributed by atoms with Crippen LogP contribution in [0.3, 0.4) is 0 Å². The van der Waals surface area contributed by atoms with Gasteiger partial charge in [0, 0.05) is 18.2 Å². The maximum Gasteiger partial charge on any atom is 0.430 e. The summed E-state index contributed by atoms with van der Waals surface area (Å²) in [7, 11) is -3.33. The van der Waals surface area contributed by atoms with Crippen molar-refractivity contribution in [2.24, 2.45) is 0 Å². The Balaban J connectivity index is 0.000000247. The molecule has 0 bridgehead atoms. The third kappa shape index (κ3) is 6.12. The molecule has 3 rings (SSSR count). The molecule has 0 amide bonds. The summed E-state index contributed by atoms with van der Waals surface area (Å²) in [6.45, 7) is 5.50. The first kappa shape index (κ1) is 29.0. The number of alkyl halides is 6. The molecule has 2 aromatic carbocycles. The van der Waals surface area contributed by atoms with E-state index in [1.807, 2.05) is 0 Å². The van der Waals surface area contributed by atoms with Gasteiger partial charge in [-0.05, 0) is 57.1 Å².